The predicted octanol–water partition coefficient (Wildman–Crippen LogP) is 8.33. The molecule has 0 aliphatic carbocycles. The van der Waals surface area contributed by atoms with Crippen molar-refractivity contribution in [1.82, 2.24) is 4.98 Å². The highest BCUT2D eigenvalue weighted by atomic mass is 32.2. The van der Waals surface area contributed by atoms with Gasteiger partial charge in [0.05, 0.1) is 30.8 Å². The van der Waals surface area contributed by atoms with Gasteiger partial charge >= 0.3 is 15.6 Å². The highest BCUT2D eigenvalue weighted by Crippen LogP contribution is 2.45. The number of hydrogen-bond donors (Lipinski definition) is 0. The Labute approximate surface area is 305 Å². The van der Waals surface area contributed by atoms with E-state index in [0.717, 1.165) is 5.57 Å². The van der Waals surface area contributed by atoms with Crippen molar-refractivity contribution in [2.45, 2.75) is 146 Å². The number of aromatic nitrogens is 1. The quantitative estimate of drug-likeness (QED) is 0.0503. The summed E-state index contributed by atoms with van der Waals surface area (Å²) in [5, 5.41) is 0. The highest BCUT2D eigenvalue weighted by molar-refractivity contribution is 7.87. The van der Waals surface area contributed by atoms with Crippen molar-refractivity contribution in [1.29, 1.82) is 0 Å². The largest absolute Gasteiger partial charge is 0.534 e. The van der Waals surface area contributed by atoms with Gasteiger partial charge in [-0.1, -0.05) is 85.0 Å². The smallest absolute Gasteiger partial charge is 0.445 e. The summed E-state index contributed by atoms with van der Waals surface area (Å²) in [7, 11) is -5.27. The van der Waals surface area contributed by atoms with Crippen LogP contribution in [0.5, 0.6) is 5.88 Å². The van der Waals surface area contributed by atoms with E-state index in [1.54, 1.807) is 14.2 Å². The third-order valence-electron chi connectivity index (χ3n) is 9.02. The number of alkyl halides is 3. The number of ether oxygens (including phenoxy) is 4. The number of allylic oxidation sites excluding steroid dienone is 2. The van der Waals surface area contributed by atoms with E-state index in [1.807, 2.05) is 25.2 Å². The van der Waals surface area contributed by atoms with Crippen molar-refractivity contribution in [2.75, 3.05) is 21.3 Å². The summed E-state index contributed by atoms with van der Waals surface area (Å²) in [6, 6.07) is 0. The van der Waals surface area contributed by atoms with E-state index in [-0.39, 0.29) is 47.6 Å². The van der Waals surface area contributed by atoms with Crippen LogP contribution in [0.4, 0.5) is 13.2 Å². The van der Waals surface area contributed by atoms with Gasteiger partial charge in [-0.15, -0.1) is 11.5 Å². The lowest BCUT2D eigenvalue weighted by atomic mass is 9.92. The second kappa shape index (κ2) is 18.4. The Balaban J connectivity index is 2.57. The fourth-order valence-electron chi connectivity index (χ4n) is 6.64. The molecule has 1 aliphatic rings. The van der Waals surface area contributed by atoms with Crippen LogP contribution >= 0.6 is 0 Å². The summed E-state index contributed by atoms with van der Waals surface area (Å²) in [6.07, 6.45) is 6.09. The van der Waals surface area contributed by atoms with Gasteiger partial charge in [-0.25, -0.2) is 0 Å². The third-order valence-corrected chi connectivity index (χ3v) is 17.0. The zero-order chi connectivity index (χ0) is 39.0. The van der Waals surface area contributed by atoms with Gasteiger partial charge in [0.15, 0.2) is 12.1 Å². The van der Waals surface area contributed by atoms with Crippen molar-refractivity contribution in [2.24, 2.45) is 0 Å². The minimum Gasteiger partial charge on any atom is -0.445 e. The third kappa shape index (κ3) is 12.6. The normalized spacial score (nSPS) is 22.5. The molecule has 1 fully saturated rings. The van der Waals surface area contributed by atoms with Crippen LogP contribution in [-0.2, 0) is 39.9 Å². The Bertz CT molecular complexity index is 1470. The minimum atomic E-state index is -5.94. The fraction of sp³-hybridized carbons (Fsp3) is 0.743. The first kappa shape index (κ1) is 45.2. The van der Waals surface area contributed by atoms with Crippen LogP contribution in [-0.4, -0.2) is 86.8 Å². The van der Waals surface area contributed by atoms with Crippen molar-refractivity contribution in [3.63, 3.8) is 0 Å². The number of hydrogen-bond acceptors (Lipinski definition) is 10. The Hall–Kier alpha value is -1.98. The molecule has 0 saturated carbocycles. The highest BCUT2D eigenvalue weighted by Gasteiger charge is 2.52. The molecule has 2 heterocycles. The van der Waals surface area contributed by atoms with Crippen LogP contribution in [0.25, 0.3) is 0 Å². The average Bonchev–Trinajstić information content (AvgIpc) is 3.44. The molecule has 1 aliphatic heterocycles. The molecule has 1 saturated heterocycles. The second-order valence-electron chi connectivity index (χ2n) is 15.0. The van der Waals surface area contributed by atoms with Crippen molar-refractivity contribution in [3.05, 3.63) is 36.0 Å². The molecule has 0 amide bonds. The Morgan fingerprint density at radius 3 is 2.20 bits per heavy atom. The predicted molar refractivity (Wildman–Crippen MR) is 196 cm³/mol. The van der Waals surface area contributed by atoms with Gasteiger partial charge in [-0.2, -0.15) is 26.6 Å². The van der Waals surface area contributed by atoms with Crippen LogP contribution in [0.2, 0.25) is 36.3 Å². The molecule has 0 N–H and O–H groups in total. The molecule has 10 nitrogen and oxygen atoms in total. The molecule has 0 bridgehead atoms. The van der Waals surface area contributed by atoms with Gasteiger partial charge in [0, 0.05) is 40.6 Å². The lowest BCUT2D eigenvalue weighted by Gasteiger charge is -2.49. The maximum atomic E-state index is 12.9. The summed E-state index contributed by atoms with van der Waals surface area (Å²) in [5.41, 5.74) is -0.539. The van der Waals surface area contributed by atoms with Gasteiger partial charge in [-0.05, 0) is 23.5 Å². The average molecular weight is 782 g/mol. The molecule has 5 atom stereocenters. The number of rotatable bonds is 17. The molecule has 2 rings (SSSR count). The Morgan fingerprint density at radius 1 is 1.10 bits per heavy atom. The van der Waals surface area contributed by atoms with Crippen LogP contribution < -0.4 is 4.18 Å². The number of oxazole rings is 1. The zero-order valence-electron chi connectivity index (χ0n) is 32.3. The van der Waals surface area contributed by atoms with Gasteiger partial charge < -0.3 is 32.0 Å². The van der Waals surface area contributed by atoms with Gasteiger partial charge in [0.25, 0.3) is 5.88 Å². The van der Waals surface area contributed by atoms with E-state index in [2.05, 4.69) is 81.8 Å². The van der Waals surface area contributed by atoms with Gasteiger partial charge in [-0.3, -0.25) is 0 Å². The summed E-state index contributed by atoms with van der Waals surface area (Å²) in [5.74, 6) is 0.849. The summed E-state index contributed by atoms with van der Waals surface area (Å²) in [6.45, 7) is 21.8. The second-order valence-corrected chi connectivity index (χ2v) is 26.7. The summed E-state index contributed by atoms with van der Waals surface area (Å²) >= 11 is 0. The van der Waals surface area contributed by atoms with Crippen molar-refractivity contribution in [3.8, 4) is 17.3 Å². The van der Waals surface area contributed by atoms with Crippen molar-refractivity contribution >= 4 is 26.5 Å². The number of halogens is 3. The first-order valence-electron chi connectivity index (χ1n) is 17.2. The van der Waals surface area contributed by atoms with Crippen LogP contribution in [0.15, 0.2) is 34.5 Å². The molecule has 0 unspecified atom stereocenters. The fourth-order valence-corrected chi connectivity index (χ4v) is 13.2. The Kier molecular flexibility index (Phi) is 16.3. The van der Waals surface area contributed by atoms with E-state index < -0.39 is 55.9 Å². The van der Waals surface area contributed by atoms with E-state index in [4.69, 9.17) is 27.8 Å². The van der Waals surface area contributed by atoms with Crippen LogP contribution in [0.1, 0.15) is 73.6 Å². The zero-order valence-corrected chi connectivity index (χ0v) is 35.2. The summed E-state index contributed by atoms with van der Waals surface area (Å²) < 4.78 is 103. The first-order valence-corrected chi connectivity index (χ1v) is 24.3. The lowest BCUT2D eigenvalue weighted by molar-refractivity contribution is -0.297. The lowest BCUT2D eigenvalue weighted by Crippen LogP contribution is -2.57. The molecule has 16 heteroatoms. The molecular formula is C35H58F3NO9SSi2. The standard InChI is InChI=1S/C35H58F3NO9SSi2/c1-24(2)51(25(3)4,26(5)6)48-31(19-27(7)16-17-28(42-8)15-14-18-50(11,12)13)30-20-29(43-9)21-34(44-10,46-30)22-32-39-33(23-45-32)47-49(40,41)35(36,37)38/h16-17,19,23-26,28-31H,15,20-22H2,1-13H3/b17-16+,27-19+/t28-,29-,30-,31+,34+/m1/s1. The van der Waals surface area contributed by atoms with E-state index in [9.17, 15) is 21.6 Å². The molecule has 51 heavy (non-hydrogen) atoms. The molecule has 0 spiro atoms. The molecule has 1 aromatic rings. The van der Waals surface area contributed by atoms with E-state index in [1.165, 1.54) is 7.11 Å². The number of nitrogens with zero attached hydrogens (tertiary/aromatic N) is 1. The van der Waals surface area contributed by atoms with Crippen LogP contribution in [0.3, 0.4) is 0 Å². The van der Waals surface area contributed by atoms with Gasteiger partial charge in [0.2, 0.25) is 14.2 Å². The van der Waals surface area contributed by atoms with Crippen molar-refractivity contribution < 1.29 is 53.6 Å². The van der Waals surface area contributed by atoms with Gasteiger partial charge in [0.1, 0.15) is 8.07 Å². The topological polar surface area (TPSA) is 116 Å². The molecule has 1 aromatic heterocycles. The molecule has 292 valence electrons. The molecule has 0 aromatic carbocycles. The SMILES string of the molecule is CO[C@@H]1C[C@H]([C@H](/C=C(C)/C=C/[C@@H](CC#C[Si](C)(C)C)OC)O[Si](C(C)C)(C(C)C)C(C)C)O[C@@](Cc2nc(OS(=O)(=O)C(F)(F)F)co2)(OC)C1. The monoisotopic (exact) mass is 781 g/mol. The van der Waals surface area contributed by atoms with Crippen LogP contribution in [0, 0.1) is 11.5 Å². The Morgan fingerprint density at radius 2 is 1.71 bits per heavy atom. The van der Waals surface area contributed by atoms with E-state index >= 15 is 0 Å². The molecular weight excluding hydrogens is 724 g/mol. The minimum absolute atomic E-state index is 0.148. The maximum Gasteiger partial charge on any atom is 0.534 e. The van der Waals surface area contributed by atoms with E-state index in [0.29, 0.717) is 19.1 Å². The molecule has 0 radical (unpaired) electrons. The first-order chi connectivity index (χ1) is 23.4. The summed E-state index contributed by atoms with van der Waals surface area (Å²) in [4.78, 5) is 3.84. The maximum absolute atomic E-state index is 12.9. The number of methoxy groups -OCH3 is 3.